The van der Waals surface area contributed by atoms with E-state index in [4.69, 9.17) is 0 Å². The van der Waals surface area contributed by atoms with Crippen molar-refractivity contribution in [2.45, 2.75) is 58.6 Å². The summed E-state index contributed by atoms with van der Waals surface area (Å²) in [5, 5.41) is 17.8. The molecule has 0 radical (unpaired) electrons. The second kappa shape index (κ2) is 6.99. The van der Waals surface area contributed by atoms with Crippen LogP contribution < -0.4 is 0 Å². The average Bonchev–Trinajstić information content (AvgIpc) is 3.01. The quantitative estimate of drug-likeness (QED) is 0.853. The first-order valence-electron chi connectivity index (χ1n) is 7.25. The Bertz CT molecular complexity index is 531. The molecular formula is C15H23N3OS. The Kier molecular flexibility index (Phi) is 5.31. The van der Waals surface area contributed by atoms with Crippen LogP contribution in [0, 0.1) is 6.92 Å². The highest BCUT2D eigenvalue weighted by atomic mass is 32.1. The van der Waals surface area contributed by atoms with Crippen molar-refractivity contribution < 1.29 is 5.11 Å². The zero-order chi connectivity index (χ0) is 14.5. The zero-order valence-corrected chi connectivity index (χ0v) is 13.2. The number of hydrogen-bond acceptors (Lipinski definition) is 4. The van der Waals surface area contributed by atoms with E-state index in [0.29, 0.717) is 18.9 Å². The van der Waals surface area contributed by atoms with E-state index < -0.39 is 6.10 Å². The van der Waals surface area contributed by atoms with Gasteiger partial charge < -0.3 is 5.11 Å². The van der Waals surface area contributed by atoms with Crippen LogP contribution in [-0.4, -0.2) is 26.0 Å². The van der Waals surface area contributed by atoms with Crippen LogP contribution in [0.2, 0.25) is 0 Å². The van der Waals surface area contributed by atoms with Crippen molar-refractivity contribution in [2.24, 2.45) is 0 Å². The van der Waals surface area contributed by atoms with Gasteiger partial charge in [-0.1, -0.05) is 13.8 Å². The first-order valence-corrected chi connectivity index (χ1v) is 8.13. The molecule has 1 atom stereocenters. The highest BCUT2D eigenvalue weighted by Gasteiger charge is 2.13. The van der Waals surface area contributed by atoms with Gasteiger partial charge in [0.1, 0.15) is 0 Å². The minimum atomic E-state index is -0.415. The fourth-order valence-electron chi connectivity index (χ4n) is 2.41. The van der Waals surface area contributed by atoms with Gasteiger partial charge in [0.15, 0.2) is 0 Å². The summed E-state index contributed by atoms with van der Waals surface area (Å²) >= 11 is 1.62. The third-order valence-electron chi connectivity index (χ3n) is 3.54. The van der Waals surface area contributed by atoms with E-state index in [1.54, 1.807) is 11.3 Å². The molecule has 0 saturated heterocycles. The van der Waals surface area contributed by atoms with Crippen LogP contribution in [0.1, 0.15) is 49.1 Å². The number of aryl methyl sites for hydroxylation is 1. The number of nitrogens with zero attached hydrogens (tertiary/aromatic N) is 3. The molecular weight excluding hydrogens is 270 g/mol. The summed E-state index contributed by atoms with van der Waals surface area (Å²) in [4.78, 5) is 4.39. The van der Waals surface area contributed by atoms with Gasteiger partial charge in [-0.15, -0.1) is 11.3 Å². The molecule has 0 fully saturated rings. The molecule has 20 heavy (non-hydrogen) atoms. The van der Waals surface area contributed by atoms with Gasteiger partial charge >= 0.3 is 0 Å². The first kappa shape index (κ1) is 15.2. The summed E-state index contributed by atoms with van der Waals surface area (Å²) in [5.41, 5.74) is 1.93. The zero-order valence-electron chi connectivity index (χ0n) is 12.4. The maximum absolute atomic E-state index is 10.1. The maximum atomic E-state index is 10.1. The van der Waals surface area contributed by atoms with Crippen molar-refractivity contribution in [3.8, 4) is 0 Å². The van der Waals surface area contributed by atoms with Gasteiger partial charge in [0, 0.05) is 24.4 Å². The topological polar surface area (TPSA) is 50.9 Å². The van der Waals surface area contributed by atoms with E-state index in [1.165, 1.54) is 0 Å². The summed E-state index contributed by atoms with van der Waals surface area (Å²) in [5.74, 6) is 0. The van der Waals surface area contributed by atoms with Crippen LogP contribution in [0.5, 0.6) is 0 Å². The van der Waals surface area contributed by atoms with Gasteiger partial charge in [-0.05, 0) is 25.8 Å². The Morgan fingerprint density at radius 2 is 1.95 bits per heavy atom. The van der Waals surface area contributed by atoms with Crippen molar-refractivity contribution >= 4 is 11.3 Å². The second-order valence-electron chi connectivity index (χ2n) is 5.18. The molecule has 0 aliphatic heterocycles. The lowest BCUT2D eigenvalue weighted by Gasteiger charge is -2.12. The molecule has 1 unspecified atom stereocenters. The van der Waals surface area contributed by atoms with Gasteiger partial charge in [0.2, 0.25) is 0 Å². The lowest BCUT2D eigenvalue weighted by Crippen LogP contribution is -2.15. The molecule has 110 valence electrons. The van der Waals surface area contributed by atoms with Crippen LogP contribution in [-0.2, 0) is 12.8 Å². The van der Waals surface area contributed by atoms with Crippen LogP contribution in [0.15, 0.2) is 17.6 Å². The van der Waals surface area contributed by atoms with Crippen molar-refractivity contribution in [3.63, 3.8) is 0 Å². The predicted octanol–water partition coefficient (Wildman–Crippen LogP) is 3.16. The smallest absolute Gasteiger partial charge is 0.0897 e. The van der Waals surface area contributed by atoms with Crippen molar-refractivity contribution in [1.29, 1.82) is 0 Å². The molecule has 2 aromatic rings. The largest absolute Gasteiger partial charge is 0.392 e. The minimum Gasteiger partial charge on any atom is -0.392 e. The summed E-state index contributed by atoms with van der Waals surface area (Å²) in [7, 11) is 0. The van der Waals surface area contributed by atoms with Crippen molar-refractivity contribution in [2.75, 3.05) is 0 Å². The minimum absolute atomic E-state index is 0.415. The highest BCUT2D eigenvalue weighted by Crippen LogP contribution is 2.16. The Morgan fingerprint density at radius 1 is 1.25 bits per heavy atom. The van der Waals surface area contributed by atoms with E-state index >= 15 is 0 Å². The number of hydrogen-bond donors (Lipinski definition) is 1. The Labute approximate surface area is 124 Å². The average molecular weight is 293 g/mol. The molecule has 0 bridgehead atoms. The van der Waals surface area contributed by atoms with Gasteiger partial charge in [0.25, 0.3) is 0 Å². The molecule has 2 rings (SSSR count). The molecule has 0 aliphatic carbocycles. The summed E-state index contributed by atoms with van der Waals surface area (Å²) in [6.45, 7) is 6.34. The third kappa shape index (κ3) is 3.90. The number of aliphatic hydroxyl groups is 1. The number of aliphatic hydroxyl groups excluding tert-OH is 1. The third-order valence-corrected chi connectivity index (χ3v) is 4.36. The predicted molar refractivity (Wildman–Crippen MR) is 82.1 cm³/mol. The highest BCUT2D eigenvalue weighted by molar-refractivity contribution is 7.09. The SMILES string of the molecule is CCC(CC)n1ccc(CC(O)Cc2csc(C)n2)n1. The first-order chi connectivity index (χ1) is 9.62. The van der Waals surface area contributed by atoms with E-state index in [1.807, 2.05) is 29.2 Å². The van der Waals surface area contributed by atoms with Gasteiger partial charge in [-0.2, -0.15) is 5.10 Å². The fourth-order valence-corrected chi connectivity index (χ4v) is 3.03. The molecule has 2 heterocycles. The normalized spacial score (nSPS) is 13.1. The monoisotopic (exact) mass is 293 g/mol. The molecule has 0 spiro atoms. The lowest BCUT2D eigenvalue weighted by molar-refractivity contribution is 0.172. The summed E-state index contributed by atoms with van der Waals surface area (Å²) in [6, 6.07) is 2.47. The molecule has 0 aliphatic rings. The maximum Gasteiger partial charge on any atom is 0.0897 e. The number of rotatable bonds is 7. The molecule has 0 aromatic carbocycles. The van der Waals surface area contributed by atoms with Crippen LogP contribution >= 0.6 is 11.3 Å². The Hall–Kier alpha value is -1.20. The second-order valence-corrected chi connectivity index (χ2v) is 6.24. The Morgan fingerprint density at radius 3 is 2.55 bits per heavy atom. The van der Waals surface area contributed by atoms with Gasteiger partial charge in [-0.3, -0.25) is 4.68 Å². The summed E-state index contributed by atoms with van der Waals surface area (Å²) < 4.78 is 2.02. The van der Waals surface area contributed by atoms with Crippen LogP contribution in [0.4, 0.5) is 0 Å². The van der Waals surface area contributed by atoms with E-state index in [9.17, 15) is 5.11 Å². The van der Waals surface area contributed by atoms with Crippen LogP contribution in [0.25, 0.3) is 0 Å². The van der Waals surface area contributed by atoms with Crippen LogP contribution in [0.3, 0.4) is 0 Å². The molecule has 0 saturated carbocycles. The standard InChI is InChI=1S/C15H23N3OS/c1-4-14(5-2)18-7-6-12(17-18)8-15(19)9-13-10-20-11(3)16-13/h6-7,10,14-15,19H,4-5,8-9H2,1-3H3. The van der Waals surface area contributed by atoms with Crippen molar-refractivity contribution in [1.82, 2.24) is 14.8 Å². The van der Waals surface area contributed by atoms with Crippen molar-refractivity contribution in [3.05, 3.63) is 34.0 Å². The molecule has 5 heteroatoms. The van der Waals surface area contributed by atoms with E-state index in [-0.39, 0.29) is 0 Å². The van der Waals surface area contributed by atoms with E-state index in [2.05, 4.69) is 23.9 Å². The van der Waals surface area contributed by atoms with E-state index in [0.717, 1.165) is 29.2 Å². The molecule has 1 N–H and O–H groups in total. The van der Waals surface area contributed by atoms with Gasteiger partial charge in [0.05, 0.1) is 28.5 Å². The van der Waals surface area contributed by atoms with Gasteiger partial charge in [-0.25, -0.2) is 4.98 Å². The lowest BCUT2D eigenvalue weighted by atomic mass is 10.1. The Balaban J connectivity index is 1.92. The number of aromatic nitrogens is 3. The molecule has 0 amide bonds. The fraction of sp³-hybridized carbons (Fsp3) is 0.600. The number of thiazole rings is 1. The molecule has 4 nitrogen and oxygen atoms in total. The summed E-state index contributed by atoms with van der Waals surface area (Å²) in [6.07, 6.45) is 4.95. The molecule has 2 aromatic heterocycles.